The molecule has 1 saturated carbocycles. The maximum atomic E-state index is 11.8. The monoisotopic (exact) mass is 326 g/mol. The van der Waals surface area contributed by atoms with Gasteiger partial charge in [-0.3, -0.25) is 4.79 Å². The minimum Gasteiger partial charge on any atom is -0.462 e. The van der Waals surface area contributed by atoms with Crippen molar-refractivity contribution in [3.8, 4) is 6.07 Å². The first-order valence-electron chi connectivity index (χ1n) is 6.24. The van der Waals surface area contributed by atoms with Crippen molar-refractivity contribution in [2.45, 2.75) is 17.2 Å². The number of alkyl halides is 2. The number of halogens is 2. The summed E-state index contributed by atoms with van der Waals surface area (Å²) in [5.41, 5.74) is 0.873. The van der Waals surface area contributed by atoms with Gasteiger partial charge >= 0.3 is 5.97 Å². The van der Waals surface area contributed by atoms with E-state index in [1.54, 1.807) is 18.2 Å². The van der Waals surface area contributed by atoms with Gasteiger partial charge in [-0.25, -0.2) is 4.79 Å². The fraction of sp³-hybridized carbons (Fsp3) is 0.357. The predicted molar refractivity (Wildman–Crippen MR) is 78.1 cm³/mol. The molecule has 0 spiro atoms. The molecule has 2 rings (SSSR count). The molecule has 0 aromatic heterocycles. The molecule has 1 N–H and O–H groups in total. The molecule has 1 amide bonds. The third-order valence-electron chi connectivity index (χ3n) is 3.02. The molecule has 0 unspecified atom stereocenters. The molecule has 1 fully saturated rings. The van der Waals surface area contributed by atoms with Crippen LogP contribution in [0, 0.1) is 17.2 Å². The Labute approximate surface area is 131 Å². The molecule has 110 valence electrons. The smallest absolute Gasteiger partial charge is 0.338 e. The van der Waals surface area contributed by atoms with E-state index in [0.717, 1.165) is 0 Å². The first kappa shape index (κ1) is 15.6. The summed E-state index contributed by atoms with van der Waals surface area (Å²) in [6.45, 7) is 0.187. The maximum absolute atomic E-state index is 11.8. The van der Waals surface area contributed by atoms with Gasteiger partial charge in [0.05, 0.1) is 18.2 Å². The fourth-order valence-corrected chi connectivity index (χ4v) is 2.18. The zero-order valence-electron chi connectivity index (χ0n) is 10.9. The number of carbonyl (C=O) groups excluding carboxylic acids is 2. The predicted octanol–water partition coefficient (Wildman–Crippen LogP) is 2.89. The molecule has 0 saturated heterocycles. The molecular weight excluding hydrogens is 315 g/mol. The van der Waals surface area contributed by atoms with Crippen LogP contribution in [0.25, 0.3) is 0 Å². The average Bonchev–Trinajstić information content (AvgIpc) is 3.05. The van der Waals surface area contributed by atoms with Crippen LogP contribution in [0.5, 0.6) is 0 Å². The van der Waals surface area contributed by atoms with Gasteiger partial charge in [0.1, 0.15) is 10.8 Å². The largest absolute Gasteiger partial charge is 0.462 e. The number of benzene rings is 1. The van der Waals surface area contributed by atoms with Gasteiger partial charge in [-0.2, -0.15) is 5.26 Å². The van der Waals surface area contributed by atoms with E-state index in [1.165, 1.54) is 12.1 Å². The highest BCUT2D eigenvalue weighted by Crippen LogP contribution is 2.53. The van der Waals surface area contributed by atoms with E-state index in [2.05, 4.69) is 5.32 Å². The Balaban J connectivity index is 1.85. The lowest BCUT2D eigenvalue weighted by Crippen LogP contribution is -2.11. The molecule has 0 radical (unpaired) electrons. The summed E-state index contributed by atoms with van der Waals surface area (Å²) in [7, 11) is 0. The third kappa shape index (κ3) is 4.35. The fourth-order valence-electron chi connectivity index (χ4n) is 1.68. The minimum absolute atomic E-state index is 0.0191. The summed E-state index contributed by atoms with van der Waals surface area (Å²) in [5.74, 6) is -0.891. The number of amides is 1. The molecular formula is C14H12Cl2N2O3. The second kappa shape index (κ2) is 6.33. The van der Waals surface area contributed by atoms with Crippen LogP contribution in [0.1, 0.15) is 23.2 Å². The van der Waals surface area contributed by atoms with Crippen molar-refractivity contribution in [3.05, 3.63) is 29.8 Å². The summed E-state index contributed by atoms with van der Waals surface area (Å²) in [6, 6.07) is 7.95. The summed E-state index contributed by atoms with van der Waals surface area (Å²) < 4.78 is 4.34. The van der Waals surface area contributed by atoms with Gasteiger partial charge in [-0.1, -0.05) is 0 Å². The Morgan fingerprint density at radius 1 is 1.38 bits per heavy atom. The Morgan fingerprint density at radius 3 is 2.52 bits per heavy atom. The van der Waals surface area contributed by atoms with Crippen LogP contribution in [0.4, 0.5) is 5.69 Å². The van der Waals surface area contributed by atoms with Crippen molar-refractivity contribution in [3.63, 3.8) is 0 Å². The van der Waals surface area contributed by atoms with E-state index in [9.17, 15) is 9.59 Å². The lowest BCUT2D eigenvalue weighted by atomic mass is 10.2. The van der Waals surface area contributed by atoms with Crippen molar-refractivity contribution in [1.82, 2.24) is 0 Å². The number of esters is 1. The Bertz CT molecular complexity index is 593. The minimum atomic E-state index is -0.769. The summed E-state index contributed by atoms with van der Waals surface area (Å²) in [4.78, 5) is 23.0. The van der Waals surface area contributed by atoms with Gasteiger partial charge in [0, 0.05) is 11.6 Å². The highest BCUT2D eigenvalue weighted by molar-refractivity contribution is 6.50. The number of hydrogen-bond acceptors (Lipinski definition) is 4. The normalized spacial score (nSPS) is 18.4. The number of rotatable bonds is 5. The second-order valence-electron chi connectivity index (χ2n) is 4.72. The van der Waals surface area contributed by atoms with E-state index in [0.29, 0.717) is 17.7 Å². The number of nitrogens with one attached hydrogen (secondary N) is 1. The molecule has 0 heterocycles. The summed E-state index contributed by atoms with van der Waals surface area (Å²) in [5, 5.41) is 10.9. The molecule has 1 aromatic rings. The van der Waals surface area contributed by atoms with Crippen LogP contribution >= 0.6 is 23.2 Å². The van der Waals surface area contributed by atoms with E-state index in [1.807, 2.05) is 0 Å². The Kier molecular flexibility index (Phi) is 4.71. The summed E-state index contributed by atoms with van der Waals surface area (Å²) in [6.07, 6.45) is 0.400. The van der Waals surface area contributed by atoms with Gasteiger partial charge in [0.15, 0.2) is 0 Å². The highest BCUT2D eigenvalue weighted by atomic mass is 35.5. The van der Waals surface area contributed by atoms with Crippen molar-refractivity contribution >= 4 is 40.8 Å². The van der Waals surface area contributed by atoms with E-state index >= 15 is 0 Å². The Hall–Kier alpha value is -1.77. The number of nitriles is 1. The van der Waals surface area contributed by atoms with E-state index in [4.69, 9.17) is 33.2 Å². The molecule has 5 nitrogen and oxygen atoms in total. The van der Waals surface area contributed by atoms with Crippen molar-refractivity contribution in [2.24, 2.45) is 5.92 Å². The molecule has 21 heavy (non-hydrogen) atoms. The lowest BCUT2D eigenvalue weighted by Gasteiger charge is -2.06. The standard InChI is InChI=1S/C14H12Cl2N2O3/c15-14(16)7-10(14)8-21-13(20)9-1-3-11(4-2-9)18-12(19)5-6-17/h1-4,10H,5,7-8H2,(H,18,19)/t10-/m1/s1. The molecule has 7 heteroatoms. The topological polar surface area (TPSA) is 79.2 Å². The third-order valence-corrected chi connectivity index (χ3v) is 3.94. The van der Waals surface area contributed by atoms with E-state index < -0.39 is 16.2 Å². The number of carbonyl (C=O) groups is 2. The average molecular weight is 327 g/mol. The van der Waals surface area contributed by atoms with Crippen LogP contribution in [0.15, 0.2) is 24.3 Å². The Morgan fingerprint density at radius 2 is 2.00 bits per heavy atom. The molecule has 1 atom stereocenters. The zero-order chi connectivity index (χ0) is 15.5. The van der Waals surface area contributed by atoms with Gasteiger partial charge in [0.2, 0.25) is 5.91 Å². The van der Waals surface area contributed by atoms with Gasteiger partial charge < -0.3 is 10.1 Å². The number of hydrogen-bond donors (Lipinski definition) is 1. The number of nitrogens with zero attached hydrogens (tertiary/aromatic N) is 1. The molecule has 1 aromatic carbocycles. The lowest BCUT2D eigenvalue weighted by molar-refractivity contribution is -0.115. The van der Waals surface area contributed by atoms with Crippen molar-refractivity contribution in [1.29, 1.82) is 5.26 Å². The quantitative estimate of drug-likeness (QED) is 0.666. The number of ether oxygens (including phenoxy) is 1. The van der Waals surface area contributed by atoms with Gasteiger partial charge in [0.25, 0.3) is 0 Å². The first-order chi connectivity index (χ1) is 9.92. The summed E-state index contributed by atoms with van der Waals surface area (Å²) >= 11 is 11.7. The van der Waals surface area contributed by atoms with Crippen LogP contribution in [0.3, 0.4) is 0 Å². The maximum Gasteiger partial charge on any atom is 0.338 e. The van der Waals surface area contributed by atoms with Crippen LogP contribution in [0.2, 0.25) is 0 Å². The van der Waals surface area contributed by atoms with Crippen molar-refractivity contribution < 1.29 is 14.3 Å². The zero-order valence-corrected chi connectivity index (χ0v) is 12.4. The molecule has 0 bridgehead atoms. The van der Waals surface area contributed by atoms with Gasteiger partial charge in [-0.15, -0.1) is 23.2 Å². The highest BCUT2D eigenvalue weighted by Gasteiger charge is 2.52. The molecule has 1 aliphatic carbocycles. The van der Waals surface area contributed by atoms with Crippen molar-refractivity contribution in [2.75, 3.05) is 11.9 Å². The second-order valence-corrected chi connectivity index (χ2v) is 6.26. The number of anilines is 1. The molecule has 0 aliphatic heterocycles. The van der Waals surface area contributed by atoms with E-state index in [-0.39, 0.29) is 18.9 Å². The first-order valence-corrected chi connectivity index (χ1v) is 7.00. The SMILES string of the molecule is N#CCC(=O)Nc1ccc(C(=O)OC[C@H]2CC2(Cl)Cl)cc1. The van der Waals surface area contributed by atoms with Crippen LogP contribution in [-0.4, -0.2) is 22.8 Å². The molecule has 1 aliphatic rings. The van der Waals surface area contributed by atoms with Crippen LogP contribution in [-0.2, 0) is 9.53 Å². The van der Waals surface area contributed by atoms with Gasteiger partial charge in [-0.05, 0) is 30.7 Å². The van der Waals surface area contributed by atoms with Crippen LogP contribution < -0.4 is 5.32 Å².